The quantitative estimate of drug-likeness (QED) is 0.378. The Morgan fingerprint density at radius 3 is 2.49 bits per heavy atom. The van der Waals surface area contributed by atoms with Crippen molar-refractivity contribution in [2.24, 2.45) is 0 Å². The molecule has 2 aromatic carbocycles. The van der Waals surface area contributed by atoms with Crippen LogP contribution in [0.1, 0.15) is 36.8 Å². The lowest BCUT2D eigenvalue weighted by molar-refractivity contribution is -0.135. The van der Waals surface area contributed by atoms with E-state index < -0.39 is 11.0 Å². The Bertz CT molecular complexity index is 1280. The van der Waals surface area contributed by atoms with E-state index in [1.165, 1.54) is 12.1 Å². The van der Waals surface area contributed by atoms with Gasteiger partial charge in [-0.3, -0.25) is 9.59 Å². The molecule has 2 heterocycles. The summed E-state index contributed by atoms with van der Waals surface area (Å²) < 4.78 is 13.7. The molecule has 2 amide bonds. The summed E-state index contributed by atoms with van der Waals surface area (Å²) in [5, 5.41) is 11.2. The van der Waals surface area contributed by atoms with Crippen LogP contribution >= 0.6 is 23.2 Å². The van der Waals surface area contributed by atoms with Crippen LogP contribution in [-0.2, 0) is 21.4 Å². The van der Waals surface area contributed by atoms with E-state index in [0.29, 0.717) is 61.8 Å². The van der Waals surface area contributed by atoms with Crippen molar-refractivity contribution in [3.63, 3.8) is 0 Å². The molecule has 2 fully saturated rings. The van der Waals surface area contributed by atoms with Crippen molar-refractivity contribution in [1.29, 1.82) is 0 Å². The van der Waals surface area contributed by atoms with Crippen LogP contribution < -0.4 is 16.0 Å². The lowest BCUT2D eigenvalue weighted by Crippen LogP contribution is -2.64. The van der Waals surface area contributed by atoms with Crippen LogP contribution in [0.15, 0.2) is 42.6 Å². The summed E-state index contributed by atoms with van der Waals surface area (Å²) in [5.74, 6) is -0.671. The summed E-state index contributed by atoms with van der Waals surface area (Å²) in [6.07, 6.45) is 4.72. The van der Waals surface area contributed by atoms with E-state index in [-0.39, 0.29) is 17.6 Å². The Kier molecular flexibility index (Phi) is 6.51. The number of halogens is 3. The van der Waals surface area contributed by atoms with Gasteiger partial charge in [0.15, 0.2) is 0 Å². The minimum absolute atomic E-state index is 0.175. The second-order valence-electron chi connectivity index (χ2n) is 9.50. The zero-order chi connectivity index (χ0) is 24.6. The molecule has 0 spiro atoms. The minimum Gasteiger partial charge on any atom is -0.361 e. The molecule has 0 radical (unpaired) electrons. The van der Waals surface area contributed by atoms with Crippen molar-refractivity contribution in [3.8, 4) is 0 Å². The second-order valence-corrected chi connectivity index (χ2v) is 10.3. The van der Waals surface area contributed by atoms with Gasteiger partial charge in [0.25, 0.3) is 0 Å². The number of hydrogen-bond donors (Lipinski definition) is 4. The zero-order valence-corrected chi connectivity index (χ0v) is 20.7. The fraction of sp³-hybridized carbons (Fsp3) is 0.385. The van der Waals surface area contributed by atoms with Gasteiger partial charge in [-0.2, -0.15) is 0 Å². The lowest BCUT2D eigenvalue weighted by atomic mass is 9.85. The fourth-order valence-corrected chi connectivity index (χ4v) is 5.65. The van der Waals surface area contributed by atoms with E-state index in [0.717, 1.165) is 22.0 Å². The molecule has 1 saturated carbocycles. The van der Waals surface area contributed by atoms with Gasteiger partial charge in [-0.15, -0.1) is 0 Å². The lowest BCUT2D eigenvalue weighted by Gasteiger charge is -2.38. The molecule has 0 bridgehead atoms. The van der Waals surface area contributed by atoms with E-state index in [9.17, 15) is 14.0 Å². The van der Waals surface area contributed by atoms with Crippen LogP contribution in [0, 0.1) is 5.82 Å². The summed E-state index contributed by atoms with van der Waals surface area (Å²) in [5.41, 5.74) is 0.803. The van der Waals surface area contributed by atoms with Crippen LogP contribution in [0.4, 0.5) is 4.39 Å². The van der Waals surface area contributed by atoms with Gasteiger partial charge in [-0.25, -0.2) is 4.39 Å². The van der Waals surface area contributed by atoms with Crippen molar-refractivity contribution in [1.82, 2.24) is 20.9 Å². The number of nitrogens with one attached hydrogen (secondary N) is 4. The minimum atomic E-state index is -0.997. The highest BCUT2D eigenvalue weighted by atomic mass is 35.5. The first-order valence-electron chi connectivity index (χ1n) is 11.9. The maximum absolute atomic E-state index is 13.7. The van der Waals surface area contributed by atoms with E-state index in [1.54, 1.807) is 24.3 Å². The van der Waals surface area contributed by atoms with Gasteiger partial charge < -0.3 is 20.9 Å². The predicted octanol–water partition coefficient (Wildman–Crippen LogP) is 4.24. The maximum Gasteiger partial charge on any atom is 0.245 e. The monoisotopic (exact) mass is 516 g/mol. The SMILES string of the molecule is O=C(NCCc1c[nH]c2ccc(F)cc12)C1(NC(=O)C2(c3ccc(Cl)cc3Cl)CC2)CCNCC1. The molecule has 1 aromatic heterocycles. The molecule has 35 heavy (non-hydrogen) atoms. The summed E-state index contributed by atoms with van der Waals surface area (Å²) in [6, 6.07) is 9.80. The summed E-state index contributed by atoms with van der Waals surface area (Å²) in [6.45, 7) is 1.63. The first kappa shape index (κ1) is 24.1. The number of carbonyl (C=O) groups excluding carboxylic acids is 2. The Hall–Kier alpha value is -2.61. The third kappa shape index (κ3) is 4.65. The van der Waals surface area contributed by atoms with Crippen LogP contribution in [0.5, 0.6) is 0 Å². The molecule has 6 nitrogen and oxygen atoms in total. The molecule has 3 aromatic rings. The van der Waals surface area contributed by atoms with Gasteiger partial charge in [0.05, 0.1) is 5.41 Å². The molecule has 184 valence electrons. The molecule has 1 aliphatic carbocycles. The number of piperidine rings is 1. The fourth-order valence-electron chi connectivity index (χ4n) is 5.06. The Morgan fingerprint density at radius 2 is 1.77 bits per heavy atom. The maximum atomic E-state index is 13.7. The number of carbonyl (C=O) groups is 2. The van der Waals surface area contributed by atoms with Crippen molar-refractivity contribution in [2.75, 3.05) is 19.6 Å². The highest BCUT2D eigenvalue weighted by molar-refractivity contribution is 6.35. The van der Waals surface area contributed by atoms with Crippen molar-refractivity contribution in [3.05, 3.63) is 69.6 Å². The van der Waals surface area contributed by atoms with Gasteiger partial charge in [-0.05, 0) is 86.7 Å². The standard InChI is InChI=1S/C26H27Cl2FN4O2/c27-17-1-3-20(21(28)13-17)25(6-7-25)23(34)33-26(8-11-30-12-9-26)24(35)31-10-5-16-15-32-22-4-2-18(29)14-19(16)22/h1-4,13-15,30,32H,5-12H2,(H,31,35)(H,33,34). The van der Waals surface area contributed by atoms with E-state index in [1.807, 2.05) is 6.20 Å². The Morgan fingerprint density at radius 1 is 1.00 bits per heavy atom. The number of aromatic amines is 1. The number of hydrogen-bond acceptors (Lipinski definition) is 3. The van der Waals surface area contributed by atoms with E-state index in [4.69, 9.17) is 23.2 Å². The number of benzene rings is 2. The first-order chi connectivity index (χ1) is 16.8. The molecule has 4 N–H and O–H groups in total. The van der Waals surface area contributed by atoms with E-state index >= 15 is 0 Å². The molecular weight excluding hydrogens is 490 g/mol. The summed E-state index contributed by atoms with van der Waals surface area (Å²) in [4.78, 5) is 30.1. The van der Waals surface area contributed by atoms with Crippen LogP contribution in [0.3, 0.4) is 0 Å². The van der Waals surface area contributed by atoms with Crippen LogP contribution in [0.2, 0.25) is 10.0 Å². The van der Waals surface area contributed by atoms with Gasteiger partial charge in [0, 0.05) is 33.7 Å². The third-order valence-electron chi connectivity index (χ3n) is 7.29. The zero-order valence-electron chi connectivity index (χ0n) is 19.1. The highest BCUT2D eigenvalue weighted by Crippen LogP contribution is 2.51. The van der Waals surface area contributed by atoms with Crippen LogP contribution in [0.25, 0.3) is 10.9 Å². The number of aromatic nitrogens is 1. The van der Waals surface area contributed by atoms with Gasteiger partial charge in [-0.1, -0.05) is 29.3 Å². The van der Waals surface area contributed by atoms with Crippen LogP contribution in [-0.4, -0.2) is 42.0 Å². The molecule has 1 aliphatic heterocycles. The molecule has 9 heteroatoms. The topological polar surface area (TPSA) is 86.0 Å². The van der Waals surface area contributed by atoms with Crippen molar-refractivity contribution in [2.45, 2.75) is 43.1 Å². The highest BCUT2D eigenvalue weighted by Gasteiger charge is 2.55. The van der Waals surface area contributed by atoms with Crippen molar-refractivity contribution >= 4 is 45.9 Å². The molecule has 1 saturated heterocycles. The second kappa shape index (κ2) is 9.45. The molecule has 2 aliphatic rings. The molecule has 5 rings (SSSR count). The average molecular weight is 517 g/mol. The van der Waals surface area contributed by atoms with Gasteiger partial charge >= 0.3 is 0 Å². The van der Waals surface area contributed by atoms with Crippen molar-refractivity contribution < 1.29 is 14.0 Å². The number of H-pyrrole nitrogens is 1. The van der Waals surface area contributed by atoms with Gasteiger partial charge in [0.2, 0.25) is 11.8 Å². The molecular formula is C26H27Cl2FN4O2. The Balaban J connectivity index is 1.29. The number of amides is 2. The normalized spacial score (nSPS) is 18.3. The first-order valence-corrected chi connectivity index (χ1v) is 12.6. The average Bonchev–Trinajstić information content (AvgIpc) is 3.55. The smallest absolute Gasteiger partial charge is 0.245 e. The molecule has 0 unspecified atom stereocenters. The summed E-state index contributed by atoms with van der Waals surface area (Å²) >= 11 is 12.5. The largest absolute Gasteiger partial charge is 0.361 e. The predicted molar refractivity (Wildman–Crippen MR) is 135 cm³/mol. The summed E-state index contributed by atoms with van der Waals surface area (Å²) in [7, 11) is 0. The molecule has 0 atom stereocenters. The Labute approximate surface area is 212 Å². The van der Waals surface area contributed by atoms with E-state index in [2.05, 4.69) is 20.9 Å². The number of fused-ring (bicyclic) bond motifs is 1. The number of rotatable bonds is 7. The third-order valence-corrected chi connectivity index (χ3v) is 7.83. The van der Waals surface area contributed by atoms with Gasteiger partial charge in [0.1, 0.15) is 11.4 Å².